The number of anilines is 1. The maximum absolute atomic E-state index is 12.1. The van der Waals surface area contributed by atoms with Crippen molar-refractivity contribution in [2.75, 3.05) is 12.4 Å². The molecule has 0 saturated heterocycles. The van der Waals surface area contributed by atoms with Crippen LogP contribution < -0.4 is 10.1 Å². The molecular formula is C16H14ClN3O2. The van der Waals surface area contributed by atoms with Gasteiger partial charge in [0.05, 0.1) is 25.4 Å². The van der Waals surface area contributed by atoms with Gasteiger partial charge in [0.25, 0.3) is 0 Å². The molecule has 1 amide bonds. The van der Waals surface area contributed by atoms with Crippen LogP contribution in [0.15, 0.2) is 42.7 Å². The molecule has 112 valence electrons. The van der Waals surface area contributed by atoms with Crippen LogP contribution in [0.4, 0.5) is 5.69 Å². The molecule has 0 unspecified atom stereocenters. The van der Waals surface area contributed by atoms with Crippen molar-refractivity contribution in [2.24, 2.45) is 0 Å². The van der Waals surface area contributed by atoms with Gasteiger partial charge in [-0.25, -0.2) is 4.98 Å². The van der Waals surface area contributed by atoms with E-state index in [4.69, 9.17) is 16.3 Å². The molecule has 0 radical (unpaired) electrons. The standard InChI is InChI=1S/C16H14ClN3O2/c1-22-16-5-3-12(9-19-16)20-15(21)6-10-8-18-14-4-2-11(17)7-13(10)14/h2-5,7-9,18H,6H2,1H3,(H,20,21). The zero-order chi connectivity index (χ0) is 15.5. The number of carbonyl (C=O) groups is 1. The van der Waals surface area contributed by atoms with Crippen molar-refractivity contribution in [3.8, 4) is 5.88 Å². The van der Waals surface area contributed by atoms with E-state index in [9.17, 15) is 4.79 Å². The number of H-pyrrole nitrogens is 1. The smallest absolute Gasteiger partial charge is 0.228 e. The fourth-order valence-electron chi connectivity index (χ4n) is 2.25. The van der Waals surface area contributed by atoms with Gasteiger partial charge in [0.15, 0.2) is 0 Å². The second kappa shape index (κ2) is 6.07. The van der Waals surface area contributed by atoms with Crippen LogP contribution in [0.3, 0.4) is 0 Å². The van der Waals surface area contributed by atoms with E-state index in [-0.39, 0.29) is 12.3 Å². The predicted octanol–water partition coefficient (Wildman–Crippen LogP) is 3.41. The van der Waals surface area contributed by atoms with Gasteiger partial charge in [-0.1, -0.05) is 11.6 Å². The molecule has 3 rings (SSSR count). The molecule has 1 aromatic carbocycles. The first-order chi connectivity index (χ1) is 10.7. The van der Waals surface area contributed by atoms with Gasteiger partial charge in [-0.3, -0.25) is 4.79 Å². The van der Waals surface area contributed by atoms with Crippen molar-refractivity contribution in [1.29, 1.82) is 0 Å². The number of aromatic nitrogens is 2. The van der Waals surface area contributed by atoms with Crippen LogP contribution in [0, 0.1) is 0 Å². The highest BCUT2D eigenvalue weighted by Crippen LogP contribution is 2.23. The van der Waals surface area contributed by atoms with E-state index in [1.54, 1.807) is 25.4 Å². The summed E-state index contributed by atoms with van der Waals surface area (Å²) in [7, 11) is 1.54. The van der Waals surface area contributed by atoms with E-state index in [0.29, 0.717) is 16.6 Å². The van der Waals surface area contributed by atoms with Crippen molar-refractivity contribution >= 4 is 34.1 Å². The Morgan fingerprint density at radius 3 is 2.95 bits per heavy atom. The number of nitrogens with zero attached hydrogens (tertiary/aromatic N) is 1. The molecule has 6 heteroatoms. The maximum atomic E-state index is 12.1. The number of nitrogens with one attached hydrogen (secondary N) is 2. The molecular weight excluding hydrogens is 302 g/mol. The number of amides is 1. The minimum atomic E-state index is -0.118. The summed E-state index contributed by atoms with van der Waals surface area (Å²) in [5.41, 5.74) is 2.48. The van der Waals surface area contributed by atoms with Crippen LogP contribution >= 0.6 is 11.6 Å². The number of hydrogen-bond acceptors (Lipinski definition) is 3. The third-order valence-corrected chi connectivity index (χ3v) is 3.54. The normalized spacial score (nSPS) is 10.6. The first-order valence-corrected chi connectivity index (χ1v) is 7.09. The van der Waals surface area contributed by atoms with Gasteiger partial charge in [0, 0.05) is 28.2 Å². The van der Waals surface area contributed by atoms with E-state index in [2.05, 4.69) is 15.3 Å². The number of ether oxygens (including phenoxy) is 1. The van der Waals surface area contributed by atoms with Crippen LogP contribution in [0.1, 0.15) is 5.56 Å². The lowest BCUT2D eigenvalue weighted by atomic mass is 10.1. The van der Waals surface area contributed by atoms with E-state index < -0.39 is 0 Å². The Hall–Kier alpha value is -2.53. The molecule has 0 aliphatic carbocycles. The zero-order valence-corrected chi connectivity index (χ0v) is 12.6. The Morgan fingerprint density at radius 2 is 2.23 bits per heavy atom. The van der Waals surface area contributed by atoms with Gasteiger partial charge in [0.1, 0.15) is 0 Å². The molecule has 0 atom stereocenters. The van der Waals surface area contributed by atoms with Crippen molar-refractivity contribution in [1.82, 2.24) is 9.97 Å². The maximum Gasteiger partial charge on any atom is 0.228 e. The number of fused-ring (bicyclic) bond motifs is 1. The van der Waals surface area contributed by atoms with Gasteiger partial charge in [-0.2, -0.15) is 0 Å². The summed E-state index contributed by atoms with van der Waals surface area (Å²) in [6.45, 7) is 0. The molecule has 2 N–H and O–H groups in total. The zero-order valence-electron chi connectivity index (χ0n) is 11.9. The number of rotatable bonds is 4. The molecule has 0 saturated carbocycles. The van der Waals surface area contributed by atoms with Crippen molar-refractivity contribution in [3.05, 3.63) is 53.3 Å². The van der Waals surface area contributed by atoms with Gasteiger partial charge < -0.3 is 15.0 Å². The third-order valence-electron chi connectivity index (χ3n) is 3.31. The summed E-state index contributed by atoms with van der Waals surface area (Å²) in [5.74, 6) is 0.386. The quantitative estimate of drug-likeness (QED) is 0.775. The number of carbonyl (C=O) groups excluding carboxylic acids is 1. The third kappa shape index (κ3) is 3.04. The number of halogens is 1. The van der Waals surface area contributed by atoms with Gasteiger partial charge >= 0.3 is 0 Å². The number of hydrogen-bond donors (Lipinski definition) is 2. The molecule has 3 aromatic rings. The molecule has 0 aliphatic heterocycles. The monoisotopic (exact) mass is 315 g/mol. The summed E-state index contributed by atoms with van der Waals surface area (Å²) in [6.07, 6.45) is 3.64. The topological polar surface area (TPSA) is 67.0 Å². The molecule has 5 nitrogen and oxygen atoms in total. The van der Waals surface area contributed by atoms with E-state index in [1.807, 2.05) is 24.4 Å². The fraction of sp³-hybridized carbons (Fsp3) is 0.125. The Bertz CT molecular complexity index is 812. The van der Waals surface area contributed by atoms with Crippen LogP contribution in [0.2, 0.25) is 5.02 Å². The van der Waals surface area contributed by atoms with Crippen LogP contribution in [-0.4, -0.2) is 23.0 Å². The minimum absolute atomic E-state index is 0.118. The SMILES string of the molecule is COc1ccc(NC(=O)Cc2c[nH]c3ccc(Cl)cc23)cn1. The fourth-order valence-corrected chi connectivity index (χ4v) is 2.42. The Balaban J connectivity index is 1.73. The molecule has 22 heavy (non-hydrogen) atoms. The number of benzene rings is 1. The average molecular weight is 316 g/mol. The van der Waals surface area contributed by atoms with Crippen molar-refractivity contribution < 1.29 is 9.53 Å². The largest absolute Gasteiger partial charge is 0.481 e. The Labute approximate surface area is 132 Å². The second-order valence-electron chi connectivity index (χ2n) is 4.82. The van der Waals surface area contributed by atoms with Gasteiger partial charge in [-0.15, -0.1) is 0 Å². The lowest BCUT2D eigenvalue weighted by Gasteiger charge is -2.05. The first kappa shape index (κ1) is 14.4. The average Bonchev–Trinajstić information content (AvgIpc) is 2.90. The summed E-state index contributed by atoms with van der Waals surface area (Å²) in [4.78, 5) is 19.3. The number of aromatic amines is 1. The summed E-state index contributed by atoms with van der Waals surface area (Å²) in [5, 5.41) is 4.41. The van der Waals surface area contributed by atoms with E-state index in [0.717, 1.165) is 16.5 Å². The molecule has 2 heterocycles. The van der Waals surface area contributed by atoms with E-state index in [1.165, 1.54) is 0 Å². The highest BCUT2D eigenvalue weighted by Gasteiger charge is 2.10. The Kier molecular flexibility index (Phi) is 3.98. The molecule has 2 aromatic heterocycles. The molecule has 0 fully saturated rings. The Morgan fingerprint density at radius 1 is 1.36 bits per heavy atom. The van der Waals surface area contributed by atoms with E-state index >= 15 is 0 Å². The van der Waals surface area contributed by atoms with Crippen LogP contribution in [0.25, 0.3) is 10.9 Å². The van der Waals surface area contributed by atoms with Crippen LogP contribution in [-0.2, 0) is 11.2 Å². The second-order valence-corrected chi connectivity index (χ2v) is 5.25. The first-order valence-electron chi connectivity index (χ1n) is 6.71. The lowest BCUT2D eigenvalue weighted by Crippen LogP contribution is -2.14. The van der Waals surface area contributed by atoms with Crippen LogP contribution in [0.5, 0.6) is 5.88 Å². The van der Waals surface area contributed by atoms with Gasteiger partial charge in [0.2, 0.25) is 11.8 Å². The predicted molar refractivity (Wildman–Crippen MR) is 86.4 cm³/mol. The summed E-state index contributed by atoms with van der Waals surface area (Å²) >= 11 is 6.01. The van der Waals surface area contributed by atoms with Gasteiger partial charge in [-0.05, 0) is 29.8 Å². The lowest BCUT2D eigenvalue weighted by molar-refractivity contribution is -0.115. The summed E-state index contributed by atoms with van der Waals surface area (Å²) < 4.78 is 4.98. The summed E-state index contributed by atoms with van der Waals surface area (Å²) in [6, 6.07) is 9.00. The molecule has 0 bridgehead atoms. The number of pyridine rings is 1. The van der Waals surface area contributed by atoms with Crippen molar-refractivity contribution in [3.63, 3.8) is 0 Å². The minimum Gasteiger partial charge on any atom is -0.481 e. The highest BCUT2D eigenvalue weighted by molar-refractivity contribution is 6.31. The number of methoxy groups -OCH3 is 1. The molecule has 0 spiro atoms. The van der Waals surface area contributed by atoms with Crippen molar-refractivity contribution in [2.45, 2.75) is 6.42 Å². The molecule has 0 aliphatic rings. The highest BCUT2D eigenvalue weighted by atomic mass is 35.5.